The van der Waals surface area contributed by atoms with E-state index in [-0.39, 0.29) is 0 Å². The van der Waals surface area contributed by atoms with Crippen LogP contribution in [0.25, 0.3) is 88.8 Å². The van der Waals surface area contributed by atoms with Crippen LogP contribution in [0.4, 0.5) is 0 Å². The predicted octanol–water partition coefficient (Wildman–Crippen LogP) is 12.0. The Labute approximate surface area is 295 Å². The first-order valence-corrected chi connectivity index (χ1v) is 17.3. The molecule has 0 fully saturated rings. The van der Waals surface area contributed by atoms with Gasteiger partial charge in [0.05, 0.1) is 27.8 Å². The number of fused-ring (bicyclic) bond motifs is 6. The van der Waals surface area contributed by atoms with Crippen LogP contribution in [-0.4, -0.2) is 19.1 Å². The maximum atomic E-state index is 5.20. The van der Waals surface area contributed by atoms with Gasteiger partial charge in [-0.2, -0.15) is 0 Å². The highest BCUT2D eigenvalue weighted by Gasteiger charge is 2.18. The summed E-state index contributed by atoms with van der Waals surface area (Å²) in [5.41, 5.74) is 13.7. The highest BCUT2D eigenvalue weighted by atomic mass is 15.2. The zero-order valence-electron chi connectivity index (χ0n) is 28.0. The lowest BCUT2D eigenvalue weighted by Gasteiger charge is -2.12. The van der Waals surface area contributed by atoms with Crippen molar-refractivity contribution in [1.29, 1.82) is 0 Å². The third-order valence-electron chi connectivity index (χ3n) is 10.1. The minimum absolute atomic E-state index is 0.650. The van der Waals surface area contributed by atoms with E-state index in [0.29, 0.717) is 5.95 Å². The highest BCUT2D eigenvalue weighted by molar-refractivity contribution is 6.12. The van der Waals surface area contributed by atoms with Gasteiger partial charge >= 0.3 is 0 Å². The van der Waals surface area contributed by atoms with Crippen molar-refractivity contribution in [2.24, 2.45) is 0 Å². The maximum Gasteiger partial charge on any atom is 0.235 e. The average molecular weight is 653 g/mol. The summed E-state index contributed by atoms with van der Waals surface area (Å²) in [6.45, 7) is 2.19. The molecule has 0 saturated carbocycles. The Morgan fingerprint density at radius 2 is 1.02 bits per heavy atom. The van der Waals surface area contributed by atoms with Gasteiger partial charge in [0.2, 0.25) is 5.95 Å². The molecule has 240 valence electrons. The third-order valence-corrected chi connectivity index (χ3v) is 10.1. The minimum atomic E-state index is 0.650. The molecule has 3 aromatic heterocycles. The van der Waals surface area contributed by atoms with Gasteiger partial charge in [-0.1, -0.05) is 121 Å². The van der Waals surface area contributed by atoms with Crippen molar-refractivity contribution in [2.75, 3.05) is 0 Å². The first-order chi connectivity index (χ1) is 25.2. The molecule has 7 aromatic carbocycles. The fraction of sp³-hybridized carbons (Fsp3) is 0.0213. The Morgan fingerprint density at radius 1 is 0.412 bits per heavy atom. The molecule has 0 aliphatic rings. The summed E-state index contributed by atoms with van der Waals surface area (Å²) in [5, 5.41) is 4.84. The van der Waals surface area contributed by atoms with E-state index in [1.54, 1.807) is 0 Å². The van der Waals surface area contributed by atoms with Gasteiger partial charge in [-0.05, 0) is 83.3 Å². The minimum Gasteiger partial charge on any atom is -0.309 e. The molecule has 0 radical (unpaired) electrons. The van der Waals surface area contributed by atoms with Crippen molar-refractivity contribution in [1.82, 2.24) is 19.1 Å². The fourth-order valence-electron chi connectivity index (χ4n) is 7.78. The molecule has 10 rings (SSSR count). The van der Waals surface area contributed by atoms with Crippen LogP contribution in [0.15, 0.2) is 176 Å². The van der Waals surface area contributed by atoms with Gasteiger partial charge in [0.15, 0.2) is 0 Å². The van der Waals surface area contributed by atoms with E-state index < -0.39 is 0 Å². The van der Waals surface area contributed by atoms with Crippen LogP contribution in [-0.2, 0) is 0 Å². The molecular formula is C47H32N4. The second-order valence-electron chi connectivity index (χ2n) is 13.1. The maximum absolute atomic E-state index is 5.20. The molecule has 0 saturated heterocycles. The van der Waals surface area contributed by atoms with Crippen LogP contribution in [0.3, 0.4) is 0 Å². The molecular weight excluding hydrogens is 621 g/mol. The number of rotatable bonds is 5. The topological polar surface area (TPSA) is 35.6 Å². The monoisotopic (exact) mass is 652 g/mol. The van der Waals surface area contributed by atoms with Gasteiger partial charge in [-0.25, -0.2) is 9.97 Å². The first-order valence-electron chi connectivity index (χ1n) is 17.3. The number of benzene rings is 7. The number of para-hydroxylation sites is 3. The summed E-state index contributed by atoms with van der Waals surface area (Å²) in [7, 11) is 0. The van der Waals surface area contributed by atoms with Crippen LogP contribution in [0.2, 0.25) is 0 Å². The van der Waals surface area contributed by atoms with E-state index >= 15 is 0 Å². The number of aryl methyl sites for hydroxylation is 1. The van der Waals surface area contributed by atoms with E-state index in [0.717, 1.165) is 33.4 Å². The Balaban J connectivity index is 1.08. The lowest BCUT2D eigenvalue weighted by atomic mass is 9.94. The van der Waals surface area contributed by atoms with Crippen molar-refractivity contribution in [3.05, 3.63) is 182 Å². The van der Waals surface area contributed by atoms with Gasteiger partial charge in [-0.3, -0.25) is 4.57 Å². The molecule has 0 bridgehead atoms. The lowest BCUT2D eigenvalue weighted by Crippen LogP contribution is -2.02. The summed E-state index contributed by atoms with van der Waals surface area (Å²) < 4.78 is 4.57. The average Bonchev–Trinajstić information content (AvgIpc) is 3.71. The number of aromatic nitrogens is 4. The number of nitrogens with zero attached hydrogens (tertiary/aromatic N) is 4. The summed E-state index contributed by atoms with van der Waals surface area (Å²) in [6.07, 6.45) is 1.87. The summed E-state index contributed by atoms with van der Waals surface area (Å²) in [5.74, 6) is 0.650. The standard InChI is InChI=1S/C47H32N4/c1-31-28-33(32-12-3-2-4-13-32)22-24-37(31)34-14-11-15-35(29-34)42-26-27-48-47(49-42)51-45-21-10-7-18-40(45)41-30-36(23-25-46(41)51)50-43-19-8-5-16-38(43)39-17-6-9-20-44(39)50/h2-30H,1H3. The molecule has 0 aliphatic carbocycles. The van der Waals surface area contributed by atoms with Gasteiger partial charge in [0.1, 0.15) is 0 Å². The zero-order chi connectivity index (χ0) is 33.9. The van der Waals surface area contributed by atoms with Crippen molar-refractivity contribution < 1.29 is 0 Å². The van der Waals surface area contributed by atoms with Crippen molar-refractivity contribution in [2.45, 2.75) is 6.92 Å². The second-order valence-corrected chi connectivity index (χ2v) is 13.1. The molecule has 0 spiro atoms. The third kappa shape index (κ3) is 4.76. The molecule has 0 unspecified atom stereocenters. The fourth-order valence-corrected chi connectivity index (χ4v) is 7.78. The molecule has 3 heterocycles. The molecule has 10 aromatic rings. The summed E-state index contributed by atoms with van der Waals surface area (Å²) in [4.78, 5) is 10.0. The molecule has 0 atom stereocenters. The van der Waals surface area contributed by atoms with Crippen LogP contribution in [0.5, 0.6) is 0 Å². The lowest BCUT2D eigenvalue weighted by molar-refractivity contribution is 0.992. The Morgan fingerprint density at radius 3 is 1.75 bits per heavy atom. The van der Waals surface area contributed by atoms with E-state index in [4.69, 9.17) is 9.97 Å². The van der Waals surface area contributed by atoms with Gasteiger partial charge in [0.25, 0.3) is 0 Å². The number of hydrogen-bond acceptors (Lipinski definition) is 2. The van der Waals surface area contributed by atoms with Gasteiger partial charge in [-0.15, -0.1) is 0 Å². The van der Waals surface area contributed by atoms with Crippen LogP contribution < -0.4 is 0 Å². The predicted molar refractivity (Wildman–Crippen MR) is 212 cm³/mol. The highest BCUT2D eigenvalue weighted by Crippen LogP contribution is 2.37. The Hall–Kier alpha value is -6.78. The van der Waals surface area contributed by atoms with E-state index in [1.165, 1.54) is 55.0 Å². The smallest absolute Gasteiger partial charge is 0.235 e. The molecule has 4 nitrogen and oxygen atoms in total. The molecule has 4 heteroatoms. The van der Waals surface area contributed by atoms with Gasteiger partial charge < -0.3 is 4.57 Å². The van der Waals surface area contributed by atoms with Crippen molar-refractivity contribution >= 4 is 43.6 Å². The van der Waals surface area contributed by atoms with Crippen molar-refractivity contribution in [3.63, 3.8) is 0 Å². The number of hydrogen-bond donors (Lipinski definition) is 0. The summed E-state index contributed by atoms with van der Waals surface area (Å²) in [6, 6.07) is 60.5. The largest absolute Gasteiger partial charge is 0.309 e. The van der Waals surface area contributed by atoms with E-state index in [2.05, 4.69) is 180 Å². The molecule has 0 N–H and O–H groups in total. The molecule has 0 aliphatic heterocycles. The van der Waals surface area contributed by atoms with Crippen molar-refractivity contribution in [3.8, 4) is 45.1 Å². The Kier molecular flexibility index (Phi) is 6.68. The van der Waals surface area contributed by atoms with Gasteiger partial charge in [0, 0.05) is 39.0 Å². The molecule has 0 amide bonds. The normalized spacial score (nSPS) is 11.6. The quantitative estimate of drug-likeness (QED) is 0.185. The van der Waals surface area contributed by atoms with Crippen LogP contribution in [0.1, 0.15) is 5.56 Å². The second kappa shape index (κ2) is 11.7. The zero-order valence-corrected chi connectivity index (χ0v) is 28.0. The SMILES string of the molecule is Cc1cc(-c2ccccc2)ccc1-c1cccc(-c2ccnc(-n3c4ccccc4c4cc(-n5c6ccccc6c6ccccc65)ccc43)n2)c1. The van der Waals surface area contributed by atoms with Crippen LogP contribution >= 0.6 is 0 Å². The summed E-state index contributed by atoms with van der Waals surface area (Å²) >= 11 is 0. The molecule has 51 heavy (non-hydrogen) atoms. The van der Waals surface area contributed by atoms with Crippen LogP contribution in [0, 0.1) is 6.92 Å². The van der Waals surface area contributed by atoms with E-state index in [1.807, 2.05) is 12.3 Å². The Bertz CT molecular complexity index is 2880. The van der Waals surface area contributed by atoms with E-state index in [9.17, 15) is 0 Å². The first kappa shape index (κ1) is 29.2.